The maximum absolute atomic E-state index is 9.51. The van der Waals surface area contributed by atoms with Crippen molar-refractivity contribution in [2.75, 3.05) is 20.3 Å². The Morgan fingerprint density at radius 1 is 0.933 bits per heavy atom. The zero-order chi connectivity index (χ0) is 20.9. The van der Waals surface area contributed by atoms with E-state index in [2.05, 4.69) is 54.6 Å². The first kappa shape index (κ1) is 20.5. The predicted octanol–water partition coefficient (Wildman–Crippen LogP) is 4.29. The minimum atomic E-state index is -0.868. The first-order valence-electron chi connectivity index (χ1n) is 10.4. The van der Waals surface area contributed by atoms with Gasteiger partial charge in [0.05, 0.1) is 13.7 Å². The van der Waals surface area contributed by atoms with Crippen LogP contribution in [0.2, 0.25) is 0 Å². The van der Waals surface area contributed by atoms with E-state index in [1.807, 2.05) is 18.2 Å². The van der Waals surface area contributed by atoms with E-state index in [1.165, 1.54) is 22.3 Å². The Morgan fingerprint density at radius 3 is 2.37 bits per heavy atom. The summed E-state index contributed by atoms with van der Waals surface area (Å²) in [5.74, 6) is 2.24. The fourth-order valence-electron chi connectivity index (χ4n) is 4.41. The number of aliphatic hydroxyl groups is 2. The third-order valence-electron chi connectivity index (χ3n) is 5.93. The average molecular weight is 405 g/mol. The summed E-state index contributed by atoms with van der Waals surface area (Å²) < 4.78 is 11.0. The fraction of sp³-hybridized carbons (Fsp3) is 0.308. The highest BCUT2D eigenvalue weighted by atomic mass is 16.5. The molecule has 0 saturated heterocycles. The number of aryl methyl sites for hydroxylation is 1. The van der Waals surface area contributed by atoms with Crippen molar-refractivity contribution >= 4 is 0 Å². The summed E-state index contributed by atoms with van der Waals surface area (Å²) in [4.78, 5) is 0. The third-order valence-corrected chi connectivity index (χ3v) is 5.93. The summed E-state index contributed by atoms with van der Waals surface area (Å²) in [6.45, 7) is -0.228. The molecule has 0 radical (unpaired) electrons. The lowest BCUT2D eigenvalue weighted by molar-refractivity contribution is 0.0536. The van der Waals surface area contributed by atoms with Gasteiger partial charge >= 0.3 is 0 Å². The SMILES string of the molecule is COc1ccc2c(c1)CCC(c1ccccc1)C2c1ccc(OCC(O)CO)cc1. The van der Waals surface area contributed by atoms with Crippen LogP contribution in [-0.4, -0.2) is 36.6 Å². The molecule has 3 aromatic carbocycles. The van der Waals surface area contributed by atoms with E-state index >= 15 is 0 Å². The van der Waals surface area contributed by atoms with Gasteiger partial charge in [-0.05, 0) is 65.3 Å². The monoisotopic (exact) mass is 404 g/mol. The first-order valence-corrected chi connectivity index (χ1v) is 10.4. The number of methoxy groups -OCH3 is 1. The topological polar surface area (TPSA) is 58.9 Å². The summed E-state index contributed by atoms with van der Waals surface area (Å²) in [7, 11) is 1.71. The molecule has 2 N–H and O–H groups in total. The van der Waals surface area contributed by atoms with E-state index in [0.717, 1.165) is 18.6 Å². The number of ether oxygens (including phenoxy) is 2. The van der Waals surface area contributed by atoms with Crippen LogP contribution in [0.1, 0.15) is 40.5 Å². The van der Waals surface area contributed by atoms with E-state index in [1.54, 1.807) is 7.11 Å². The number of benzene rings is 3. The number of rotatable bonds is 7. The number of fused-ring (bicyclic) bond motifs is 1. The van der Waals surface area contributed by atoms with Crippen LogP contribution in [0.15, 0.2) is 72.8 Å². The fourth-order valence-corrected chi connectivity index (χ4v) is 4.41. The molecule has 0 fully saturated rings. The summed E-state index contributed by atoms with van der Waals surface area (Å²) in [5.41, 5.74) is 5.29. The van der Waals surface area contributed by atoms with Crippen molar-refractivity contribution in [1.82, 2.24) is 0 Å². The molecule has 1 aliphatic rings. The van der Waals surface area contributed by atoms with Crippen molar-refractivity contribution in [2.24, 2.45) is 0 Å². The molecule has 3 unspecified atom stereocenters. The molecule has 0 saturated carbocycles. The minimum absolute atomic E-state index is 0.0779. The molecule has 30 heavy (non-hydrogen) atoms. The van der Waals surface area contributed by atoms with E-state index in [4.69, 9.17) is 14.6 Å². The van der Waals surface area contributed by atoms with Gasteiger partial charge in [-0.2, -0.15) is 0 Å². The lowest BCUT2D eigenvalue weighted by Gasteiger charge is -2.35. The molecule has 0 aliphatic heterocycles. The average Bonchev–Trinajstić information content (AvgIpc) is 2.82. The molecule has 1 aliphatic carbocycles. The second-order valence-corrected chi connectivity index (χ2v) is 7.81. The molecule has 0 amide bonds. The molecular formula is C26H28O4. The molecule has 0 heterocycles. The van der Waals surface area contributed by atoms with Gasteiger partial charge in [0.1, 0.15) is 24.2 Å². The van der Waals surface area contributed by atoms with Gasteiger partial charge < -0.3 is 19.7 Å². The molecule has 4 heteroatoms. The Hall–Kier alpha value is -2.82. The Labute approximate surface area is 177 Å². The largest absolute Gasteiger partial charge is 0.497 e. The normalized spacial score (nSPS) is 19.0. The second kappa shape index (κ2) is 9.33. The van der Waals surface area contributed by atoms with Crippen LogP contribution >= 0.6 is 0 Å². The number of hydrogen-bond donors (Lipinski definition) is 2. The summed E-state index contributed by atoms with van der Waals surface area (Å²) in [6.07, 6.45) is 1.24. The zero-order valence-corrected chi connectivity index (χ0v) is 17.2. The van der Waals surface area contributed by atoms with Crippen LogP contribution < -0.4 is 9.47 Å². The molecule has 0 bridgehead atoms. The summed E-state index contributed by atoms with van der Waals surface area (Å²) in [5, 5.41) is 18.5. The Kier molecular flexibility index (Phi) is 6.36. The Bertz CT molecular complexity index is 953. The van der Waals surface area contributed by atoms with Crippen LogP contribution in [0.4, 0.5) is 0 Å². The molecule has 4 nitrogen and oxygen atoms in total. The zero-order valence-electron chi connectivity index (χ0n) is 17.2. The van der Waals surface area contributed by atoms with Crippen molar-refractivity contribution in [3.63, 3.8) is 0 Å². The minimum Gasteiger partial charge on any atom is -0.497 e. The van der Waals surface area contributed by atoms with Crippen LogP contribution in [0, 0.1) is 0 Å². The van der Waals surface area contributed by atoms with Gasteiger partial charge in [0.25, 0.3) is 0 Å². The van der Waals surface area contributed by atoms with Crippen LogP contribution in [-0.2, 0) is 6.42 Å². The van der Waals surface area contributed by atoms with Crippen molar-refractivity contribution in [3.8, 4) is 11.5 Å². The highest BCUT2D eigenvalue weighted by Gasteiger charge is 2.32. The predicted molar refractivity (Wildman–Crippen MR) is 117 cm³/mol. The van der Waals surface area contributed by atoms with Gasteiger partial charge in [-0.1, -0.05) is 48.5 Å². The molecule has 0 aromatic heterocycles. The van der Waals surface area contributed by atoms with Gasteiger partial charge in [-0.3, -0.25) is 0 Å². The van der Waals surface area contributed by atoms with Crippen LogP contribution in [0.3, 0.4) is 0 Å². The lowest BCUT2D eigenvalue weighted by atomic mass is 9.69. The Morgan fingerprint density at radius 2 is 1.67 bits per heavy atom. The number of aliphatic hydroxyl groups excluding tert-OH is 2. The van der Waals surface area contributed by atoms with Crippen molar-refractivity contribution in [1.29, 1.82) is 0 Å². The molecule has 3 aromatic rings. The molecule has 156 valence electrons. The van der Waals surface area contributed by atoms with E-state index < -0.39 is 6.10 Å². The lowest BCUT2D eigenvalue weighted by Crippen LogP contribution is -2.21. The highest BCUT2D eigenvalue weighted by molar-refractivity contribution is 5.48. The van der Waals surface area contributed by atoms with Gasteiger partial charge in [0, 0.05) is 5.92 Å². The van der Waals surface area contributed by atoms with Gasteiger partial charge in [0.15, 0.2) is 0 Å². The Balaban J connectivity index is 1.68. The number of hydrogen-bond acceptors (Lipinski definition) is 4. The van der Waals surface area contributed by atoms with E-state index in [9.17, 15) is 5.11 Å². The van der Waals surface area contributed by atoms with Crippen molar-refractivity contribution in [2.45, 2.75) is 30.8 Å². The maximum Gasteiger partial charge on any atom is 0.119 e. The molecule has 4 rings (SSSR count). The van der Waals surface area contributed by atoms with Crippen LogP contribution in [0.5, 0.6) is 11.5 Å². The highest BCUT2D eigenvalue weighted by Crippen LogP contribution is 2.47. The quantitative estimate of drug-likeness (QED) is 0.617. The molecule has 0 spiro atoms. The molecule has 3 atom stereocenters. The van der Waals surface area contributed by atoms with Gasteiger partial charge in [-0.15, -0.1) is 0 Å². The van der Waals surface area contributed by atoms with Gasteiger partial charge in [0.2, 0.25) is 0 Å². The van der Waals surface area contributed by atoms with E-state index in [-0.39, 0.29) is 19.1 Å². The maximum atomic E-state index is 9.51. The van der Waals surface area contributed by atoms with Crippen LogP contribution in [0.25, 0.3) is 0 Å². The van der Waals surface area contributed by atoms with E-state index in [0.29, 0.717) is 11.7 Å². The first-order chi connectivity index (χ1) is 14.7. The summed E-state index contributed by atoms with van der Waals surface area (Å²) >= 11 is 0. The van der Waals surface area contributed by atoms with Crippen molar-refractivity contribution in [3.05, 3.63) is 95.1 Å². The third kappa shape index (κ3) is 4.35. The van der Waals surface area contributed by atoms with Crippen molar-refractivity contribution < 1.29 is 19.7 Å². The smallest absolute Gasteiger partial charge is 0.119 e. The summed E-state index contributed by atoms with van der Waals surface area (Å²) in [6, 6.07) is 25.3. The molecular weight excluding hydrogens is 376 g/mol. The van der Waals surface area contributed by atoms with Gasteiger partial charge in [-0.25, -0.2) is 0 Å². The standard InChI is InChI=1S/C26H28O4/c1-29-23-12-14-25-20(15-23)9-13-24(18-5-3-2-4-6-18)26(25)19-7-10-22(11-8-19)30-17-21(28)16-27/h2-8,10-12,14-15,21,24,26-28H,9,13,16-17H2,1H3. The second-order valence-electron chi connectivity index (χ2n) is 7.81.